The Morgan fingerprint density at radius 1 is 1.13 bits per heavy atom. The van der Waals surface area contributed by atoms with Crippen molar-refractivity contribution in [3.63, 3.8) is 0 Å². The number of fused-ring (bicyclic) bond motifs is 1. The highest BCUT2D eigenvalue weighted by Gasteiger charge is 2.19. The number of hydrogen-bond acceptors (Lipinski definition) is 6. The van der Waals surface area contributed by atoms with Crippen molar-refractivity contribution in [2.45, 2.75) is 0 Å². The van der Waals surface area contributed by atoms with Crippen molar-refractivity contribution < 1.29 is 18.7 Å². The second kappa shape index (κ2) is 9.69. The number of amides is 1. The standard InChI is InChI=1S/C22H24FN3O3S/c1-25(2)12-13-26(22-24-21-16(23)6-5-7-19(21)30-22)20(27)11-9-15-8-10-17(28-3)18(14-15)29-4/h5-11,14H,12-13H2,1-4H3/b11-9+. The Kier molecular flexibility index (Phi) is 7.02. The van der Waals surface area contributed by atoms with Crippen LogP contribution in [0.25, 0.3) is 16.3 Å². The molecular weight excluding hydrogens is 405 g/mol. The van der Waals surface area contributed by atoms with Crippen LogP contribution < -0.4 is 14.4 Å². The first-order chi connectivity index (χ1) is 14.4. The van der Waals surface area contributed by atoms with Crippen LogP contribution in [0.4, 0.5) is 9.52 Å². The Labute approximate surface area is 179 Å². The van der Waals surface area contributed by atoms with Crippen molar-refractivity contribution in [2.24, 2.45) is 0 Å². The van der Waals surface area contributed by atoms with E-state index >= 15 is 0 Å². The number of nitrogens with zero attached hydrogens (tertiary/aromatic N) is 3. The van der Waals surface area contributed by atoms with E-state index in [-0.39, 0.29) is 11.4 Å². The number of methoxy groups -OCH3 is 2. The number of anilines is 1. The monoisotopic (exact) mass is 429 g/mol. The number of likely N-dealkylation sites (N-methyl/N-ethyl adjacent to an activating group) is 1. The van der Waals surface area contributed by atoms with Crippen LogP contribution in [0.1, 0.15) is 5.56 Å². The van der Waals surface area contributed by atoms with Crippen LogP contribution >= 0.6 is 11.3 Å². The number of carbonyl (C=O) groups excluding carboxylic acids is 1. The van der Waals surface area contributed by atoms with E-state index in [0.29, 0.717) is 34.4 Å². The summed E-state index contributed by atoms with van der Waals surface area (Å²) in [6.45, 7) is 1.08. The molecule has 0 saturated heterocycles. The molecule has 0 radical (unpaired) electrons. The zero-order valence-electron chi connectivity index (χ0n) is 17.4. The van der Waals surface area contributed by atoms with E-state index in [1.807, 2.05) is 25.1 Å². The van der Waals surface area contributed by atoms with E-state index in [0.717, 1.165) is 5.56 Å². The Morgan fingerprint density at radius 2 is 1.90 bits per heavy atom. The number of para-hydroxylation sites is 1. The molecule has 0 fully saturated rings. The molecule has 2 aromatic carbocycles. The van der Waals surface area contributed by atoms with Gasteiger partial charge in [0, 0.05) is 19.2 Å². The summed E-state index contributed by atoms with van der Waals surface area (Å²) in [5, 5.41) is 0.471. The molecule has 0 bridgehead atoms. The molecule has 1 amide bonds. The lowest BCUT2D eigenvalue weighted by Crippen LogP contribution is -2.35. The van der Waals surface area contributed by atoms with Gasteiger partial charge in [-0.15, -0.1) is 0 Å². The third kappa shape index (κ3) is 4.95. The fourth-order valence-corrected chi connectivity index (χ4v) is 3.84. The Balaban J connectivity index is 1.88. The second-order valence-corrected chi connectivity index (χ2v) is 7.83. The fourth-order valence-electron chi connectivity index (χ4n) is 2.83. The summed E-state index contributed by atoms with van der Waals surface area (Å²) in [6.07, 6.45) is 3.19. The Hall–Kier alpha value is -2.97. The quantitative estimate of drug-likeness (QED) is 0.506. The summed E-state index contributed by atoms with van der Waals surface area (Å²) in [7, 11) is 6.99. The van der Waals surface area contributed by atoms with Gasteiger partial charge in [-0.2, -0.15) is 0 Å². The summed E-state index contributed by atoms with van der Waals surface area (Å²) in [6, 6.07) is 10.2. The van der Waals surface area contributed by atoms with Crippen molar-refractivity contribution in [3.8, 4) is 11.5 Å². The molecule has 1 aromatic heterocycles. The first-order valence-electron chi connectivity index (χ1n) is 9.34. The van der Waals surface area contributed by atoms with Crippen LogP contribution in [-0.2, 0) is 4.79 Å². The van der Waals surface area contributed by atoms with Crippen LogP contribution in [-0.4, -0.2) is 57.2 Å². The highest BCUT2D eigenvalue weighted by Crippen LogP contribution is 2.31. The van der Waals surface area contributed by atoms with Gasteiger partial charge >= 0.3 is 0 Å². The van der Waals surface area contributed by atoms with E-state index in [1.165, 1.54) is 23.5 Å². The number of benzene rings is 2. The van der Waals surface area contributed by atoms with Crippen molar-refractivity contribution >= 4 is 38.7 Å². The third-order valence-electron chi connectivity index (χ3n) is 4.45. The molecule has 0 aliphatic heterocycles. The molecule has 0 N–H and O–H groups in total. The minimum absolute atomic E-state index is 0.230. The zero-order chi connectivity index (χ0) is 21.7. The fraction of sp³-hybridized carbons (Fsp3) is 0.273. The molecule has 0 aliphatic carbocycles. The number of aromatic nitrogens is 1. The Morgan fingerprint density at radius 3 is 2.57 bits per heavy atom. The van der Waals surface area contributed by atoms with Crippen LogP contribution in [0.3, 0.4) is 0 Å². The number of hydrogen-bond donors (Lipinski definition) is 0. The molecule has 0 aliphatic rings. The van der Waals surface area contributed by atoms with Gasteiger partial charge in [0.25, 0.3) is 5.91 Å². The molecule has 0 atom stereocenters. The van der Waals surface area contributed by atoms with Gasteiger partial charge in [0.1, 0.15) is 11.3 Å². The molecule has 3 aromatic rings. The third-order valence-corrected chi connectivity index (χ3v) is 5.50. The largest absolute Gasteiger partial charge is 0.493 e. The summed E-state index contributed by atoms with van der Waals surface area (Å²) in [5.74, 6) is 0.574. The van der Waals surface area contributed by atoms with Crippen LogP contribution in [0, 0.1) is 5.82 Å². The van der Waals surface area contributed by atoms with E-state index in [2.05, 4.69) is 4.98 Å². The highest BCUT2D eigenvalue weighted by atomic mass is 32.1. The lowest BCUT2D eigenvalue weighted by atomic mass is 10.2. The topological polar surface area (TPSA) is 54.9 Å². The summed E-state index contributed by atoms with van der Waals surface area (Å²) < 4.78 is 25.3. The first kappa shape index (κ1) is 21.7. The van der Waals surface area contributed by atoms with Gasteiger partial charge in [-0.25, -0.2) is 9.37 Å². The molecule has 3 rings (SSSR count). The molecule has 30 heavy (non-hydrogen) atoms. The van der Waals surface area contributed by atoms with E-state index in [9.17, 15) is 9.18 Å². The maximum absolute atomic E-state index is 14.1. The predicted octanol–water partition coefficient (Wildman–Crippen LogP) is 4.06. The normalized spacial score (nSPS) is 11.4. The van der Waals surface area contributed by atoms with Gasteiger partial charge in [-0.1, -0.05) is 23.5 Å². The molecular formula is C22H24FN3O3S. The lowest BCUT2D eigenvalue weighted by Gasteiger charge is -2.20. The first-order valence-corrected chi connectivity index (χ1v) is 10.2. The second-order valence-electron chi connectivity index (χ2n) is 6.82. The van der Waals surface area contributed by atoms with Crippen LogP contribution in [0.15, 0.2) is 42.5 Å². The molecule has 6 nitrogen and oxygen atoms in total. The molecule has 0 saturated carbocycles. The molecule has 0 unspecified atom stereocenters. The SMILES string of the molecule is COc1ccc(/C=C/C(=O)N(CCN(C)C)c2nc3c(F)cccc3s2)cc1OC. The summed E-state index contributed by atoms with van der Waals surface area (Å²) in [5.41, 5.74) is 1.08. The molecule has 1 heterocycles. The number of halogens is 1. The van der Waals surface area contributed by atoms with E-state index in [1.54, 1.807) is 49.5 Å². The Bertz CT molecular complexity index is 1060. The maximum atomic E-state index is 14.1. The minimum Gasteiger partial charge on any atom is -0.493 e. The molecule has 0 spiro atoms. The smallest absolute Gasteiger partial charge is 0.252 e. The van der Waals surface area contributed by atoms with Gasteiger partial charge in [0.05, 0.1) is 18.9 Å². The van der Waals surface area contributed by atoms with Gasteiger partial charge in [-0.05, 0) is 50.0 Å². The van der Waals surface area contributed by atoms with Crippen molar-refractivity contribution in [1.29, 1.82) is 0 Å². The van der Waals surface area contributed by atoms with Crippen LogP contribution in [0.5, 0.6) is 11.5 Å². The predicted molar refractivity (Wildman–Crippen MR) is 119 cm³/mol. The summed E-state index contributed by atoms with van der Waals surface area (Å²) >= 11 is 1.30. The van der Waals surface area contributed by atoms with Crippen LogP contribution in [0.2, 0.25) is 0 Å². The van der Waals surface area contributed by atoms with Gasteiger partial charge in [0.15, 0.2) is 16.6 Å². The molecule has 158 valence electrons. The van der Waals surface area contributed by atoms with Crippen molar-refractivity contribution in [1.82, 2.24) is 9.88 Å². The minimum atomic E-state index is -0.393. The number of thiazole rings is 1. The summed E-state index contributed by atoms with van der Waals surface area (Å²) in [4.78, 5) is 20.9. The molecule has 8 heteroatoms. The van der Waals surface area contributed by atoms with Gasteiger partial charge < -0.3 is 14.4 Å². The average Bonchev–Trinajstić information content (AvgIpc) is 3.17. The van der Waals surface area contributed by atoms with E-state index < -0.39 is 5.82 Å². The lowest BCUT2D eigenvalue weighted by molar-refractivity contribution is -0.114. The number of rotatable bonds is 8. The average molecular weight is 430 g/mol. The van der Waals surface area contributed by atoms with Gasteiger partial charge in [0.2, 0.25) is 0 Å². The maximum Gasteiger partial charge on any atom is 0.252 e. The van der Waals surface area contributed by atoms with E-state index in [4.69, 9.17) is 9.47 Å². The number of ether oxygens (including phenoxy) is 2. The zero-order valence-corrected chi connectivity index (χ0v) is 18.2. The van der Waals surface area contributed by atoms with Crippen molar-refractivity contribution in [2.75, 3.05) is 46.3 Å². The highest BCUT2D eigenvalue weighted by molar-refractivity contribution is 7.22. The van der Waals surface area contributed by atoms with Crippen molar-refractivity contribution in [3.05, 3.63) is 53.9 Å². The van der Waals surface area contributed by atoms with Gasteiger partial charge in [-0.3, -0.25) is 9.69 Å². The number of carbonyl (C=O) groups is 1.